The van der Waals surface area contributed by atoms with Crippen LogP contribution in [0.2, 0.25) is 0 Å². The highest BCUT2D eigenvalue weighted by atomic mass is 16.3. The van der Waals surface area contributed by atoms with E-state index >= 15 is 0 Å². The maximum Gasteiger partial charge on any atom is 0.256 e. The topological polar surface area (TPSA) is 120 Å². The standard InChI is InChI=1S/C33H40N8O2/c1-5-14-34-31(42)26-20-35-32(39-30(26)38-29-8-6-7-28(37-29)33(2,3)43)36-22-18-25(24-13-15-40(4)27(24)19-22)21-11-16-41(17-12-21)23-9-10-23/h5-8,13,15,18-21,23,43H,1,9-12,14,16-17H2,2-4H3,(H,34,42)(H2,35,36,37,38,39). The van der Waals surface area contributed by atoms with Crippen LogP contribution in [-0.2, 0) is 12.6 Å². The lowest BCUT2D eigenvalue weighted by Crippen LogP contribution is -2.34. The highest BCUT2D eigenvalue weighted by Gasteiger charge is 2.32. The molecule has 1 saturated heterocycles. The van der Waals surface area contributed by atoms with Gasteiger partial charge in [0, 0.05) is 43.1 Å². The van der Waals surface area contributed by atoms with Crippen molar-refractivity contribution in [3.63, 3.8) is 0 Å². The van der Waals surface area contributed by atoms with Crippen LogP contribution in [0.1, 0.15) is 67.1 Å². The first kappa shape index (κ1) is 28.8. The third kappa shape index (κ3) is 6.40. The summed E-state index contributed by atoms with van der Waals surface area (Å²) < 4.78 is 2.14. The predicted octanol–water partition coefficient (Wildman–Crippen LogP) is 5.34. The van der Waals surface area contributed by atoms with Crippen LogP contribution in [-0.4, -0.2) is 61.1 Å². The monoisotopic (exact) mass is 580 g/mol. The molecule has 0 unspecified atom stereocenters. The van der Waals surface area contributed by atoms with E-state index in [1.807, 2.05) is 0 Å². The average Bonchev–Trinajstić information content (AvgIpc) is 3.78. The fraction of sp³-hybridized carbons (Fsp3) is 0.394. The number of anilines is 4. The minimum Gasteiger partial charge on any atom is -0.384 e. The third-order valence-electron chi connectivity index (χ3n) is 8.39. The molecule has 6 rings (SSSR count). The molecule has 1 amide bonds. The maximum atomic E-state index is 13.0. The van der Waals surface area contributed by atoms with Crippen molar-refractivity contribution in [3.8, 4) is 0 Å². The van der Waals surface area contributed by atoms with Crippen molar-refractivity contribution in [2.24, 2.45) is 7.05 Å². The number of hydrogen-bond acceptors (Lipinski definition) is 8. The van der Waals surface area contributed by atoms with E-state index < -0.39 is 5.60 Å². The molecule has 224 valence electrons. The molecule has 10 nitrogen and oxygen atoms in total. The molecule has 2 aliphatic rings. The highest BCUT2D eigenvalue weighted by molar-refractivity contribution is 5.99. The Morgan fingerprint density at radius 2 is 1.91 bits per heavy atom. The summed E-state index contributed by atoms with van der Waals surface area (Å²) in [5, 5.41) is 21.1. The zero-order valence-corrected chi connectivity index (χ0v) is 25.1. The number of carbonyl (C=O) groups excluding carboxylic acids is 1. The number of carbonyl (C=O) groups is 1. The SMILES string of the molecule is C=CCNC(=O)c1cnc(Nc2cc(C3CCN(C4CC4)CC3)c3ccn(C)c3c2)nc1Nc1cccc(C(C)(C)O)n1. The van der Waals surface area contributed by atoms with Gasteiger partial charge in [-0.1, -0.05) is 12.1 Å². The summed E-state index contributed by atoms with van der Waals surface area (Å²) in [5.74, 6) is 1.26. The van der Waals surface area contributed by atoms with E-state index in [2.05, 4.69) is 73.4 Å². The first-order chi connectivity index (χ1) is 20.7. The van der Waals surface area contributed by atoms with E-state index in [0.717, 1.165) is 43.2 Å². The van der Waals surface area contributed by atoms with Gasteiger partial charge in [0.1, 0.15) is 22.8 Å². The van der Waals surface area contributed by atoms with Gasteiger partial charge in [-0.25, -0.2) is 9.97 Å². The number of hydrogen-bond donors (Lipinski definition) is 4. The number of likely N-dealkylation sites (tertiary alicyclic amines) is 1. The van der Waals surface area contributed by atoms with Gasteiger partial charge in [-0.2, -0.15) is 4.98 Å². The van der Waals surface area contributed by atoms with Crippen molar-refractivity contribution in [2.75, 3.05) is 30.3 Å². The number of rotatable bonds is 10. The molecule has 4 heterocycles. The fourth-order valence-electron chi connectivity index (χ4n) is 5.88. The Hall–Kier alpha value is -4.28. The number of aromatic nitrogens is 4. The molecule has 2 fully saturated rings. The van der Waals surface area contributed by atoms with E-state index in [1.165, 1.54) is 30.0 Å². The Balaban J connectivity index is 1.31. The summed E-state index contributed by atoms with van der Waals surface area (Å²) in [6.45, 7) is 9.64. The number of fused-ring (bicyclic) bond motifs is 1. The molecule has 0 bridgehead atoms. The minimum atomic E-state index is -1.12. The van der Waals surface area contributed by atoms with Gasteiger partial charge in [0.05, 0.1) is 11.2 Å². The van der Waals surface area contributed by atoms with Gasteiger partial charge in [-0.3, -0.25) is 4.79 Å². The molecule has 3 aromatic heterocycles. The Morgan fingerprint density at radius 1 is 1.12 bits per heavy atom. The van der Waals surface area contributed by atoms with Crippen molar-refractivity contribution in [2.45, 2.75) is 57.1 Å². The molecule has 1 saturated carbocycles. The lowest BCUT2D eigenvalue weighted by molar-refractivity contribution is 0.0740. The molecule has 1 aromatic carbocycles. The van der Waals surface area contributed by atoms with E-state index in [0.29, 0.717) is 35.7 Å². The molecule has 4 N–H and O–H groups in total. The van der Waals surface area contributed by atoms with E-state index in [1.54, 1.807) is 38.1 Å². The zero-order chi connectivity index (χ0) is 30.1. The molecule has 0 radical (unpaired) electrons. The number of piperidine rings is 1. The van der Waals surface area contributed by atoms with Crippen LogP contribution in [0.4, 0.5) is 23.3 Å². The molecule has 0 atom stereocenters. The maximum absolute atomic E-state index is 13.0. The second-order valence-corrected chi connectivity index (χ2v) is 12.1. The molecule has 43 heavy (non-hydrogen) atoms. The summed E-state index contributed by atoms with van der Waals surface area (Å²) in [7, 11) is 2.07. The number of benzene rings is 1. The number of aliphatic hydroxyl groups is 1. The second kappa shape index (κ2) is 11.8. The predicted molar refractivity (Wildman–Crippen MR) is 170 cm³/mol. The van der Waals surface area contributed by atoms with Gasteiger partial charge in [0.25, 0.3) is 5.91 Å². The number of pyridine rings is 1. The van der Waals surface area contributed by atoms with Crippen molar-refractivity contribution < 1.29 is 9.90 Å². The van der Waals surface area contributed by atoms with Crippen LogP contribution in [0, 0.1) is 0 Å². The van der Waals surface area contributed by atoms with Gasteiger partial charge >= 0.3 is 0 Å². The molecule has 4 aromatic rings. The Labute approximate surface area is 252 Å². The lowest BCUT2D eigenvalue weighted by Gasteiger charge is -2.32. The van der Waals surface area contributed by atoms with Gasteiger partial charge in [0.2, 0.25) is 5.95 Å². The van der Waals surface area contributed by atoms with Crippen LogP contribution in [0.25, 0.3) is 10.9 Å². The fourth-order valence-corrected chi connectivity index (χ4v) is 5.88. The molecule has 0 spiro atoms. The Kier molecular flexibility index (Phi) is 7.89. The number of aryl methyl sites for hydroxylation is 1. The zero-order valence-electron chi connectivity index (χ0n) is 25.1. The lowest BCUT2D eigenvalue weighted by atomic mass is 9.87. The van der Waals surface area contributed by atoms with Crippen molar-refractivity contribution >= 4 is 40.1 Å². The molecular weight excluding hydrogens is 540 g/mol. The van der Waals surface area contributed by atoms with Crippen LogP contribution >= 0.6 is 0 Å². The first-order valence-corrected chi connectivity index (χ1v) is 15.0. The van der Waals surface area contributed by atoms with Gasteiger partial charge in [-0.05, 0) is 94.4 Å². The van der Waals surface area contributed by atoms with Gasteiger partial charge in [-0.15, -0.1) is 6.58 Å². The van der Waals surface area contributed by atoms with Crippen molar-refractivity contribution in [3.05, 3.63) is 78.3 Å². The second-order valence-electron chi connectivity index (χ2n) is 12.1. The molecule has 1 aliphatic carbocycles. The van der Waals surface area contributed by atoms with Gasteiger partial charge in [0.15, 0.2) is 0 Å². The quantitative estimate of drug-likeness (QED) is 0.186. The van der Waals surface area contributed by atoms with E-state index in [4.69, 9.17) is 4.98 Å². The largest absolute Gasteiger partial charge is 0.384 e. The van der Waals surface area contributed by atoms with Crippen LogP contribution in [0.5, 0.6) is 0 Å². The Bertz CT molecular complexity index is 1640. The summed E-state index contributed by atoms with van der Waals surface area (Å²) >= 11 is 0. The highest BCUT2D eigenvalue weighted by Crippen LogP contribution is 2.39. The van der Waals surface area contributed by atoms with E-state index in [9.17, 15) is 9.90 Å². The Morgan fingerprint density at radius 3 is 2.63 bits per heavy atom. The first-order valence-electron chi connectivity index (χ1n) is 15.0. The van der Waals surface area contributed by atoms with Crippen LogP contribution in [0.15, 0.2) is 61.4 Å². The van der Waals surface area contributed by atoms with Crippen molar-refractivity contribution in [1.29, 1.82) is 0 Å². The average molecular weight is 581 g/mol. The van der Waals surface area contributed by atoms with Crippen LogP contribution in [0.3, 0.4) is 0 Å². The normalized spacial score (nSPS) is 16.3. The van der Waals surface area contributed by atoms with Crippen LogP contribution < -0.4 is 16.0 Å². The number of amides is 1. The minimum absolute atomic E-state index is 0.267. The summed E-state index contributed by atoms with van der Waals surface area (Å²) in [6.07, 6.45) is 10.2. The molecule has 1 aliphatic heterocycles. The number of nitrogens with zero attached hydrogens (tertiary/aromatic N) is 5. The summed E-state index contributed by atoms with van der Waals surface area (Å²) in [5.41, 5.74) is 3.03. The summed E-state index contributed by atoms with van der Waals surface area (Å²) in [4.78, 5) is 29.4. The van der Waals surface area contributed by atoms with Gasteiger partial charge < -0.3 is 30.5 Å². The van der Waals surface area contributed by atoms with E-state index in [-0.39, 0.29) is 11.5 Å². The van der Waals surface area contributed by atoms with Crippen molar-refractivity contribution in [1.82, 2.24) is 29.7 Å². The molecular formula is C33H40N8O2. The third-order valence-corrected chi connectivity index (χ3v) is 8.39. The molecule has 10 heteroatoms. The number of nitrogens with one attached hydrogen (secondary N) is 3. The summed E-state index contributed by atoms with van der Waals surface area (Å²) in [6, 6.07) is 12.7. The smallest absolute Gasteiger partial charge is 0.256 e.